The number of hydrogen-bond acceptors (Lipinski definition) is 3. The summed E-state index contributed by atoms with van der Waals surface area (Å²) < 4.78 is 13.8. The molecule has 1 aliphatic rings. The lowest BCUT2D eigenvalue weighted by Crippen LogP contribution is -2.20. The van der Waals surface area contributed by atoms with Crippen LogP contribution in [0.2, 0.25) is 0 Å². The maximum absolute atomic E-state index is 13.8. The molecule has 1 heterocycles. The molecular weight excluding hydrogens is 379 g/mol. The van der Waals surface area contributed by atoms with Crippen LogP contribution in [0.15, 0.2) is 88.8 Å². The molecule has 0 saturated heterocycles. The second-order valence-electron chi connectivity index (χ2n) is 7.00. The van der Waals surface area contributed by atoms with E-state index < -0.39 is 0 Å². The molecule has 3 aromatic rings. The highest BCUT2D eigenvalue weighted by atomic mass is 32.2. The van der Waals surface area contributed by atoms with Crippen LogP contribution in [0.4, 0.5) is 10.1 Å². The van der Waals surface area contributed by atoms with Gasteiger partial charge in [0.25, 0.3) is 0 Å². The maximum Gasteiger partial charge on any atom is 0.125 e. The van der Waals surface area contributed by atoms with E-state index in [1.165, 1.54) is 16.5 Å². The molecule has 1 aliphatic heterocycles. The van der Waals surface area contributed by atoms with Gasteiger partial charge in [0.2, 0.25) is 0 Å². The van der Waals surface area contributed by atoms with E-state index in [1.807, 2.05) is 30.9 Å². The number of thioether (sulfide) groups is 1. The van der Waals surface area contributed by atoms with Gasteiger partial charge in [-0.1, -0.05) is 54.6 Å². The van der Waals surface area contributed by atoms with Gasteiger partial charge in [-0.05, 0) is 41.5 Å². The van der Waals surface area contributed by atoms with Crippen molar-refractivity contribution in [1.82, 2.24) is 0 Å². The van der Waals surface area contributed by atoms with Crippen LogP contribution < -0.4 is 4.90 Å². The number of rotatable bonds is 5. The average molecular weight is 403 g/mol. The SMILES string of the molecule is CN1CCN=C(C=Cc2ccccc2SCc2ccccc2)c2ccc(F)cc21. The second kappa shape index (κ2) is 9.10. The van der Waals surface area contributed by atoms with E-state index in [0.717, 1.165) is 34.8 Å². The molecule has 0 atom stereocenters. The van der Waals surface area contributed by atoms with Crippen molar-refractivity contribution >= 4 is 29.2 Å². The van der Waals surface area contributed by atoms with Gasteiger partial charge in [-0.3, -0.25) is 4.99 Å². The smallest absolute Gasteiger partial charge is 0.125 e. The van der Waals surface area contributed by atoms with Gasteiger partial charge in [0, 0.05) is 35.5 Å². The summed E-state index contributed by atoms with van der Waals surface area (Å²) in [5.41, 5.74) is 5.22. The monoisotopic (exact) mass is 402 g/mol. The van der Waals surface area contributed by atoms with Crippen LogP contribution in [-0.2, 0) is 5.75 Å². The predicted molar refractivity (Wildman–Crippen MR) is 123 cm³/mol. The van der Waals surface area contributed by atoms with Crippen molar-refractivity contribution in [2.75, 3.05) is 25.0 Å². The zero-order valence-electron chi connectivity index (χ0n) is 16.4. The third-order valence-corrected chi connectivity index (χ3v) is 6.10. The highest BCUT2D eigenvalue weighted by molar-refractivity contribution is 7.98. The van der Waals surface area contributed by atoms with Gasteiger partial charge in [-0.15, -0.1) is 11.8 Å². The predicted octanol–water partition coefficient (Wildman–Crippen LogP) is 6.07. The van der Waals surface area contributed by atoms with E-state index >= 15 is 0 Å². The molecule has 0 fully saturated rings. The van der Waals surface area contributed by atoms with E-state index in [2.05, 4.69) is 65.6 Å². The number of nitrogens with zero attached hydrogens (tertiary/aromatic N) is 2. The summed E-state index contributed by atoms with van der Waals surface area (Å²) in [7, 11) is 1.98. The van der Waals surface area contributed by atoms with Crippen molar-refractivity contribution in [2.24, 2.45) is 4.99 Å². The minimum Gasteiger partial charge on any atom is -0.372 e. The summed E-state index contributed by atoms with van der Waals surface area (Å²) in [6, 6.07) is 23.8. The Kier molecular flexibility index (Phi) is 6.11. The lowest BCUT2D eigenvalue weighted by molar-refractivity contribution is 0.627. The van der Waals surface area contributed by atoms with Crippen LogP contribution in [0.5, 0.6) is 0 Å². The average Bonchev–Trinajstić information content (AvgIpc) is 2.90. The molecule has 29 heavy (non-hydrogen) atoms. The normalized spacial score (nSPS) is 13.9. The zero-order chi connectivity index (χ0) is 20.1. The molecule has 0 bridgehead atoms. The molecule has 0 aliphatic carbocycles. The number of benzodiazepines with no additional fused rings is 1. The molecule has 0 amide bonds. The van der Waals surface area contributed by atoms with Gasteiger partial charge in [-0.25, -0.2) is 4.39 Å². The van der Waals surface area contributed by atoms with Crippen molar-refractivity contribution < 1.29 is 4.39 Å². The number of allylic oxidation sites excluding steroid dienone is 1. The number of aliphatic imine (C=N–C) groups is 1. The number of likely N-dealkylation sites (N-methyl/N-ethyl adjacent to an activating group) is 1. The molecule has 4 rings (SSSR count). The van der Waals surface area contributed by atoms with Crippen LogP contribution in [0, 0.1) is 5.82 Å². The topological polar surface area (TPSA) is 15.6 Å². The Labute approximate surface area is 175 Å². The van der Waals surface area contributed by atoms with Crippen LogP contribution in [0.1, 0.15) is 16.7 Å². The van der Waals surface area contributed by atoms with E-state index in [4.69, 9.17) is 4.99 Å². The molecule has 0 saturated carbocycles. The Morgan fingerprint density at radius 2 is 1.79 bits per heavy atom. The third kappa shape index (κ3) is 4.77. The van der Waals surface area contributed by atoms with Crippen LogP contribution in [-0.4, -0.2) is 25.8 Å². The Hall–Kier alpha value is -2.85. The summed E-state index contributed by atoms with van der Waals surface area (Å²) in [6.45, 7) is 1.47. The van der Waals surface area contributed by atoms with Crippen LogP contribution in [0.3, 0.4) is 0 Å². The minimum absolute atomic E-state index is 0.219. The lowest BCUT2D eigenvalue weighted by Gasteiger charge is -2.18. The Balaban J connectivity index is 1.58. The van der Waals surface area contributed by atoms with Gasteiger partial charge in [0.15, 0.2) is 0 Å². The van der Waals surface area contributed by atoms with Crippen molar-refractivity contribution in [3.8, 4) is 0 Å². The number of fused-ring (bicyclic) bond motifs is 1. The summed E-state index contributed by atoms with van der Waals surface area (Å²) in [6.07, 6.45) is 4.17. The molecule has 146 valence electrons. The number of benzene rings is 3. The van der Waals surface area contributed by atoms with Gasteiger partial charge < -0.3 is 4.90 Å². The number of hydrogen-bond donors (Lipinski definition) is 0. The lowest BCUT2D eigenvalue weighted by atomic mass is 10.1. The minimum atomic E-state index is -0.219. The quantitative estimate of drug-likeness (QED) is 0.481. The largest absolute Gasteiger partial charge is 0.372 e. The maximum atomic E-state index is 13.8. The molecule has 2 nitrogen and oxygen atoms in total. The van der Waals surface area contributed by atoms with Gasteiger partial charge in [0.05, 0.1) is 12.3 Å². The van der Waals surface area contributed by atoms with Gasteiger partial charge in [-0.2, -0.15) is 0 Å². The van der Waals surface area contributed by atoms with Crippen LogP contribution >= 0.6 is 11.8 Å². The molecule has 0 N–H and O–H groups in total. The van der Waals surface area contributed by atoms with Crippen molar-refractivity contribution in [2.45, 2.75) is 10.6 Å². The molecule has 0 unspecified atom stereocenters. The Morgan fingerprint density at radius 1 is 1.00 bits per heavy atom. The van der Waals surface area contributed by atoms with Crippen LogP contribution in [0.25, 0.3) is 6.08 Å². The summed E-state index contributed by atoms with van der Waals surface area (Å²) in [4.78, 5) is 8.04. The molecule has 0 radical (unpaired) electrons. The molecular formula is C25H23FN2S. The summed E-state index contributed by atoms with van der Waals surface area (Å²) >= 11 is 1.83. The first-order valence-corrected chi connectivity index (χ1v) is 10.7. The van der Waals surface area contributed by atoms with E-state index in [0.29, 0.717) is 6.54 Å². The summed E-state index contributed by atoms with van der Waals surface area (Å²) in [5, 5.41) is 0. The Bertz CT molecular complexity index is 1040. The highest BCUT2D eigenvalue weighted by Gasteiger charge is 2.15. The number of halogens is 1. The fourth-order valence-corrected chi connectivity index (χ4v) is 4.35. The second-order valence-corrected chi connectivity index (χ2v) is 8.01. The van der Waals surface area contributed by atoms with Crippen molar-refractivity contribution in [3.05, 3.63) is 101 Å². The molecule has 4 heteroatoms. The van der Waals surface area contributed by atoms with Gasteiger partial charge >= 0.3 is 0 Å². The fraction of sp³-hybridized carbons (Fsp3) is 0.160. The van der Waals surface area contributed by atoms with E-state index in [1.54, 1.807) is 6.07 Å². The molecule has 0 spiro atoms. The first kappa shape index (κ1) is 19.5. The number of anilines is 1. The Morgan fingerprint density at radius 3 is 2.66 bits per heavy atom. The van der Waals surface area contributed by atoms with Crippen molar-refractivity contribution in [1.29, 1.82) is 0 Å². The first-order valence-electron chi connectivity index (χ1n) is 9.70. The van der Waals surface area contributed by atoms with Gasteiger partial charge in [0.1, 0.15) is 5.82 Å². The molecule has 0 aromatic heterocycles. The van der Waals surface area contributed by atoms with Crippen molar-refractivity contribution in [3.63, 3.8) is 0 Å². The third-order valence-electron chi connectivity index (χ3n) is 4.94. The molecule has 3 aromatic carbocycles. The highest BCUT2D eigenvalue weighted by Crippen LogP contribution is 2.28. The fourth-order valence-electron chi connectivity index (χ4n) is 3.36. The standard InChI is InChI=1S/C25H23FN2S/c1-28-16-15-27-23(22-13-12-21(26)17-24(22)28)14-11-20-9-5-6-10-25(20)29-18-19-7-3-2-4-8-19/h2-14,17H,15-16,18H2,1H3. The van der Waals surface area contributed by atoms with E-state index in [-0.39, 0.29) is 5.82 Å². The zero-order valence-corrected chi connectivity index (χ0v) is 17.2. The van der Waals surface area contributed by atoms with E-state index in [9.17, 15) is 4.39 Å². The summed E-state index contributed by atoms with van der Waals surface area (Å²) in [5.74, 6) is 0.711. The first-order chi connectivity index (χ1) is 14.2.